The van der Waals surface area contributed by atoms with Crippen molar-refractivity contribution in [2.24, 2.45) is 0 Å². The standard InChI is InChI=1S/C17H29BO/c1-3-9-15(10-4-1)18(16-11-5-2-6-12-16)19-17-13-7-8-14-17/h13,15-16H,1-12,14H2. The van der Waals surface area contributed by atoms with E-state index in [4.69, 9.17) is 4.65 Å². The summed E-state index contributed by atoms with van der Waals surface area (Å²) in [5.41, 5.74) is 0. The first-order chi connectivity index (χ1) is 9.43. The lowest BCUT2D eigenvalue weighted by Crippen LogP contribution is -2.33. The Hall–Kier alpha value is -0.395. The van der Waals surface area contributed by atoms with Crippen molar-refractivity contribution in [3.05, 3.63) is 11.8 Å². The van der Waals surface area contributed by atoms with Crippen LogP contribution in [0.25, 0.3) is 0 Å². The van der Waals surface area contributed by atoms with Crippen LogP contribution in [-0.2, 0) is 4.65 Å². The zero-order valence-corrected chi connectivity index (χ0v) is 12.4. The topological polar surface area (TPSA) is 9.23 Å². The third-order valence-electron chi connectivity index (χ3n) is 5.52. The van der Waals surface area contributed by atoms with Crippen LogP contribution in [0.3, 0.4) is 0 Å². The van der Waals surface area contributed by atoms with Gasteiger partial charge in [-0.2, -0.15) is 0 Å². The van der Waals surface area contributed by atoms with Gasteiger partial charge < -0.3 is 4.65 Å². The molecule has 3 rings (SSSR count). The summed E-state index contributed by atoms with van der Waals surface area (Å²) in [5.74, 6) is 3.05. The molecule has 0 saturated heterocycles. The van der Waals surface area contributed by atoms with Crippen LogP contribution >= 0.6 is 0 Å². The van der Waals surface area contributed by atoms with Gasteiger partial charge in [0.25, 0.3) is 0 Å². The van der Waals surface area contributed by atoms with Crippen molar-refractivity contribution >= 4 is 6.92 Å². The van der Waals surface area contributed by atoms with E-state index in [9.17, 15) is 0 Å². The Bertz CT molecular complexity index is 282. The largest absolute Gasteiger partial charge is 0.563 e. The van der Waals surface area contributed by atoms with Gasteiger partial charge in [-0.1, -0.05) is 64.2 Å². The van der Waals surface area contributed by atoms with Crippen LogP contribution in [-0.4, -0.2) is 6.92 Å². The maximum Gasteiger partial charge on any atom is 0.363 e. The van der Waals surface area contributed by atoms with E-state index < -0.39 is 0 Å². The van der Waals surface area contributed by atoms with Crippen LogP contribution in [0.2, 0.25) is 11.6 Å². The first kappa shape index (κ1) is 13.6. The van der Waals surface area contributed by atoms with Crippen LogP contribution < -0.4 is 0 Å². The van der Waals surface area contributed by atoms with Gasteiger partial charge in [0.1, 0.15) is 0 Å². The Morgan fingerprint density at radius 2 is 1.37 bits per heavy atom. The van der Waals surface area contributed by atoms with Gasteiger partial charge in [-0.15, -0.1) is 0 Å². The number of hydrogen-bond donors (Lipinski definition) is 0. The van der Waals surface area contributed by atoms with Gasteiger partial charge in [0.05, 0.1) is 5.76 Å². The molecule has 0 heterocycles. The molecule has 2 fully saturated rings. The summed E-state index contributed by atoms with van der Waals surface area (Å²) in [6, 6.07) is 0. The van der Waals surface area contributed by atoms with Crippen molar-refractivity contribution in [3.8, 4) is 0 Å². The molecule has 0 unspecified atom stereocenters. The van der Waals surface area contributed by atoms with Gasteiger partial charge in [0.15, 0.2) is 0 Å². The van der Waals surface area contributed by atoms with Gasteiger partial charge in [0, 0.05) is 6.42 Å². The minimum Gasteiger partial charge on any atom is -0.563 e. The molecular weight excluding hydrogens is 231 g/mol. The number of hydrogen-bond acceptors (Lipinski definition) is 1. The van der Waals surface area contributed by atoms with Crippen molar-refractivity contribution in [1.82, 2.24) is 0 Å². The zero-order valence-electron chi connectivity index (χ0n) is 12.4. The summed E-state index contributed by atoms with van der Waals surface area (Å²) in [6.45, 7) is 0.560. The smallest absolute Gasteiger partial charge is 0.363 e. The molecule has 1 nitrogen and oxygen atoms in total. The first-order valence-electron chi connectivity index (χ1n) is 8.79. The summed E-state index contributed by atoms with van der Waals surface area (Å²) in [7, 11) is 0. The van der Waals surface area contributed by atoms with E-state index in [0.29, 0.717) is 6.92 Å². The monoisotopic (exact) mass is 260 g/mol. The summed E-state index contributed by atoms with van der Waals surface area (Å²) in [6.07, 6.45) is 20.5. The van der Waals surface area contributed by atoms with E-state index >= 15 is 0 Å². The van der Waals surface area contributed by atoms with Gasteiger partial charge >= 0.3 is 6.92 Å². The minimum atomic E-state index is 0.560. The molecule has 3 aliphatic carbocycles. The molecule has 3 aliphatic rings. The maximum atomic E-state index is 6.55. The molecular formula is C17H29BO. The minimum absolute atomic E-state index is 0.560. The molecule has 0 spiro atoms. The number of allylic oxidation sites excluding steroid dienone is 2. The molecule has 0 radical (unpaired) electrons. The molecule has 0 atom stereocenters. The Morgan fingerprint density at radius 1 is 0.789 bits per heavy atom. The zero-order chi connectivity index (χ0) is 12.9. The maximum absolute atomic E-state index is 6.55. The van der Waals surface area contributed by atoms with Crippen molar-refractivity contribution in [3.63, 3.8) is 0 Å². The van der Waals surface area contributed by atoms with Crippen LogP contribution in [0.15, 0.2) is 11.8 Å². The molecule has 106 valence electrons. The lowest BCUT2D eigenvalue weighted by atomic mass is 9.42. The quantitative estimate of drug-likeness (QED) is 0.586. The van der Waals surface area contributed by atoms with Gasteiger partial charge in [-0.05, 0) is 30.6 Å². The fraction of sp³-hybridized carbons (Fsp3) is 0.882. The molecule has 0 aromatic heterocycles. The van der Waals surface area contributed by atoms with Crippen LogP contribution in [0.4, 0.5) is 0 Å². The molecule has 0 aromatic rings. The van der Waals surface area contributed by atoms with Crippen molar-refractivity contribution in [1.29, 1.82) is 0 Å². The van der Waals surface area contributed by atoms with Gasteiger partial charge in [-0.3, -0.25) is 0 Å². The van der Waals surface area contributed by atoms with E-state index in [1.54, 1.807) is 0 Å². The second-order valence-electron chi connectivity index (χ2n) is 6.94. The molecule has 19 heavy (non-hydrogen) atoms. The highest BCUT2D eigenvalue weighted by Gasteiger charge is 2.38. The van der Waals surface area contributed by atoms with Crippen molar-refractivity contribution in [2.45, 2.75) is 95.1 Å². The summed E-state index contributed by atoms with van der Waals surface area (Å²) >= 11 is 0. The summed E-state index contributed by atoms with van der Waals surface area (Å²) in [5, 5.41) is 0. The second kappa shape index (κ2) is 6.86. The molecule has 2 heteroatoms. The molecule has 0 N–H and O–H groups in total. The van der Waals surface area contributed by atoms with Crippen LogP contribution in [0.1, 0.15) is 83.5 Å². The van der Waals surface area contributed by atoms with Gasteiger partial charge in [-0.25, -0.2) is 0 Å². The lowest BCUT2D eigenvalue weighted by molar-refractivity contribution is 0.347. The van der Waals surface area contributed by atoms with Crippen LogP contribution in [0, 0.1) is 0 Å². The predicted octanol–water partition coefficient (Wildman–Crippen LogP) is 5.73. The van der Waals surface area contributed by atoms with Crippen LogP contribution in [0.5, 0.6) is 0 Å². The SMILES string of the molecule is C1=C(OB(C2CCCCC2)C2CCCCC2)CCC1. The highest BCUT2D eigenvalue weighted by Crippen LogP contribution is 2.43. The third-order valence-corrected chi connectivity index (χ3v) is 5.52. The highest BCUT2D eigenvalue weighted by molar-refractivity contribution is 6.55. The van der Waals surface area contributed by atoms with E-state index in [2.05, 4.69) is 6.08 Å². The fourth-order valence-corrected chi connectivity index (χ4v) is 4.43. The first-order valence-corrected chi connectivity index (χ1v) is 8.79. The average Bonchev–Trinajstić information content (AvgIpc) is 3.00. The van der Waals surface area contributed by atoms with E-state index in [1.165, 1.54) is 89.2 Å². The molecule has 0 amide bonds. The van der Waals surface area contributed by atoms with E-state index in [0.717, 1.165) is 11.6 Å². The lowest BCUT2D eigenvalue weighted by Gasteiger charge is -2.35. The normalized spacial score (nSPS) is 26.2. The second-order valence-corrected chi connectivity index (χ2v) is 6.94. The number of rotatable bonds is 4. The van der Waals surface area contributed by atoms with Gasteiger partial charge in [0.2, 0.25) is 0 Å². The molecule has 0 bridgehead atoms. The predicted molar refractivity (Wildman–Crippen MR) is 82.4 cm³/mol. The Kier molecular flexibility index (Phi) is 4.90. The highest BCUT2D eigenvalue weighted by atomic mass is 16.4. The Balaban J connectivity index is 1.65. The van der Waals surface area contributed by atoms with Crippen molar-refractivity contribution in [2.75, 3.05) is 0 Å². The Morgan fingerprint density at radius 3 is 1.84 bits per heavy atom. The Labute approximate surface area is 119 Å². The molecule has 0 aromatic carbocycles. The molecule has 2 saturated carbocycles. The fourth-order valence-electron chi connectivity index (χ4n) is 4.43. The summed E-state index contributed by atoms with van der Waals surface area (Å²) in [4.78, 5) is 0. The van der Waals surface area contributed by atoms with E-state index in [-0.39, 0.29) is 0 Å². The molecule has 0 aliphatic heterocycles. The third kappa shape index (κ3) is 3.58. The van der Waals surface area contributed by atoms with Crippen molar-refractivity contribution < 1.29 is 4.65 Å². The average molecular weight is 260 g/mol. The van der Waals surface area contributed by atoms with E-state index in [1.807, 2.05) is 0 Å². The summed E-state index contributed by atoms with van der Waals surface area (Å²) < 4.78 is 6.55.